The van der Waals surface area contributed by atoms with Gasteiger partial charge in [-0.1, -0.05) is 6.07 Å². The smallest absolute Gasteiger partial charge is 0.241 e. The van der Waals surface area contributed by atoms with Crippen molar-refractivity contribution in [3.63, 3.8) is 0 Å². The molecule has 1 aliphatic rings. The Balaban J connectivity index is 1.80. The Morgan fingerprint density at radius 2 is 2.11 bits per heavy atom. The first kappa shape index (κ1) is 17.4. The molecule has 10 heteroatoms. The summed E-state index contributed by atoms with van der Waals surface area (Å²) in [5.41, 5.74) is 7.33. The number of aromatic nitrogens is 4. The van der Waals surface area contributed by atoms with Gasteiger partial charge in [0.1, 0.15) is 11.9 Å². The van der Waals surface area contributed by atoms with E-state index in [2.05, 4.69) is 25.9 Å². The minimum absolute atomic E-state index is 0.0848. The van der Waals surface area contributed by atoms with Crippen molar-refractivity contribution in [2.75, 3.05) is 5.73 Å². The van der Waals surface area contributed by atoms with Crippen molar-refractivity contribution in [2.45, 2.75) is 36.6 Å². The lowest BCUT2D eigenvalue weighted by atomic mass is 9.79. The number of nitrogens with two attached hydrogens (primary N) is 1. The number of sulfonamides is 1. The Bertz CT molecular complexity index is 1190. The van der Waals surface area contributed by atoms with Crippen LogP contribution in [0.3, 0.4) is 0 Å². The van der Waals surface area contributed by atoms with E-state index in [1.54, 1.807) is 18.3 Å². The second-order valence-electron chi connectivity index (χ2n) is 6.65. The Morgan fingerprint density at radius 3 is 2.78 bits per heavy atom. The fourth-order valence-electron chi connectivity index (χ4n) is 3.15. The molecule has 0 atom stereocenters. The summed E-state index contributed by atoms with van der Waals surface area (Å²) in [4.78, 5) is 8.22. The SMILES string of the molecule is Cc1ccc(S(=O)(=O)NC2(C#N)CCC2)cc1-c1cnc2c(N)ncnn12. The predicted octanol–water partition coefficient (Wildman–Crippen LogP) is 1.41. The number of rotatable bonds is 4. The largest absolute Gasteiger partial charge is 0.381 e. The number of hydrogen-bond acceptors (Lipinski definition) is 7. The zero-order valence-electron chi connectivity index (χ0n) is 14.5. The molecule has 0 aliphatic heterocycles. The number of nitrogen functional groups attached to an aromatic ring is 1. The summed E-state index contributed by atoms with van der Waals surface area (Å²) in [5, 5.41) is 13.5. The number of nitrogens with one attached hydrogen (secondary N) is 1. The van der Waals surface area contributed by atoms with Crippen LogP contribution in [0.5, 0.6) is 0 Å². The van der Waals surface area contributed by atoms with Gasteiger partial charge in [0.25, 0.3) is 0 Å². The van der Waals surface area contributed by atoms with E-state index in [0.29, 0.717) is 29.7 Å². The molecule has 1 fully saturated rings. The van der Waals surface area contributed by atoms with Crippen LogP contribution in [0.2, 0.25) is 0 Å². The molecule has 0 radical (unpaired) electrons. The average Bonchev–Trinajstić information content (AvgIpc) is 3.04. The Hall–Kier alpha value is -3.03. The molecule has 138 valence electrons. The highest BCUT2D eigenvalue weighted by Gasteiger charge is 2.41. The normalized spacial score (nSPS) is 16.0. The molecule has 0 unspecified atom stereocenters. The van der Waals surface area contributed by atoms with E-state index in [0.717, 1.165) is 12.0 Å². The van der Waals surface area contributed by atoms with Gasteiger partial charge in [0.15, 0.2) is 11.5 Å². The number of nitriles is 1. The van der Waals surface area contributed by atoms with Crippen molar-refractivity contribution in [1.29, 1.82) is 5.26 Å². The molecule has 1 saturated carbocycles. The van der Waals surface area contributed by atoms with Crippen molar-refractivity contribution in [3.8, 4) is 17.3 Å². The third kappa shape index (κ3) is 2.81. The van der Waals surface area contributed by atoms with Gasteiger partial charge in [-0.15, -0.1) is 0 Å². The van der Waals surface area contributed by atoms with E-state index in [1.165, 1.54) is 16.9 Å². The number of fused-ring (bicyclic) bond motifs is 1. The monoisotopic (exact) mass is 383 g/mol. The number of imidazole rings is 1. The highest BCUT2D eigenvalue weighted by molar-refractivity contribution is 7.89. The summed E-state index contributed by atoms with van der Waals surface area (Å²) in [6.45, 7) is 1.87. The van der Waals surface area contributed by atoms with Gasteiger partial charge in [-0.05, 0) is 43.9 Å². The molecule has 2 aromatic heterocycles. The van der Waals surface area contributed by atoms with E-state index in [9.17, 15) is 13.7 Å². The lowest BCUT2D eigenvalue weighted by molar-refractivity contribution is 0.296. The van der Waals surface area contributed by atoms with Gasteiger partial charge in [0, 0.05) is 5.56 Å². The molecule has 1 aliphatic carbocycles. The quantitative estimate of drug-likeness (QED) is 0.694. The number of nitrogens with zero attached hydrogens (tertiary/aromatic N) is 5. The van der Waals surface area contributed by atoms with Gasteiger partial charge in [-0.2, -0.15) is 15.1 Å². The number of benzene rings is 1. The van der Waals surface area contributed by atoms with Gasteiger partial charge in [-0.3, -0.25) is 0 Å². The van der Waals surface area contributed by atoms with E-state index in [1.807, 2.05) is 6.92 Å². The Kier molecular flexibility index (Phi) is 3.87. The van der Waals surface area contributed by atoms with Gasteiger partial charge < -0.3 is 5.73 Å². The predicted molar refractivity (Wildman–Crippen MR) is 97.9 cm³/mol. The Labute approximate surface area is 155 Å². The van der Waals surface area contributed by atoms with Crippen molar-refractivity contribution < 1.29 is 8.42 Å². The highest BCUT2D eigenvalue weighted by Crippen LogP contribution is 2.33. The second kappa shape index (κ2) is 6.00. The Morgan fingerprint density at radius 1 is 1.33 bits per heavy atom. The fraction of sp³-hybridized carbons (Fsp3) is 0.294. The topological polar surface area (TPSA) is 139 Å². The summed E-state index contributed by atoms with van der Waals surface area (Å²) in [6, 6.07) is 6.89. The van der Waals surface area contributed by atoms with Gasteiger partial charge in [-0.25, -0.2) is 22.9 Å². The third-order valence-electron chi connectivity index (χ3n) is 4.88. The molecule has 0 bridgehead atoms. The van der Waals surface area contributed by atoms with Gasteiger partial charge in [0.05, 0.1) is 22.9 Å². The molecular weight excluding hydrogens is 366 g/mol. The molecule has 0 saturated heterocycles. The van der Waals surface area contributed by atoms with Crippen LogP contribution in [0.25, 0.3) is 16.9 Å². The molecule has 9 nitrogen and oxygen atoms in total. The first-order chi connectivity index (χ1) is 12.9. The van der Waals surface area contributed by atoms with Crippen LogP contribution < -0.4 is 10.5 Å². The number of anilines is 1. The molecule has 3 aromatic rings. The molecule has 0 spiro atoms. The minimum atomic E-state index is -3.84. The number of hydrogen-bond donors (Lipinski definition) is 2. The van der Waals surface area contributed by atoms with Gasteiger partial charge in [0.2, 0.25) is 10.0 Å². The lowest BCUT2D eigenvalue weighted by Gasteiger charge is -2.35. The van der Waals surface area contributed by atoms with E-state index >= 15 is 0 Å². The molecule has 1 aromatic carbocycles. The van der Waals surface area contributed by atoms with Crippen LogP contribution >= 0.6 is 0 Å². The molecule has 2 heterocycles. The fourth-order valence-corrected chi connectivity index (χ4v) is 4.55. The highest BCUT2D eigenvalue weighted by atomic mass is 32.2. The first-order valence-electron chi connectivity index (χ1n) is 8.36. The maximum Gasteiger partial charge on any atom is 0.241 e. The van der Waals surface area contributed by atoms with E-state index in [-0.39, 0.29) is 10.7 Å². The minimum Gasteiger partial charge on any atom is -0.381 e. The van der Waals surface area contributed by atoms with Crippen LogP contribution in [0.15, 0.2) is 35.6 Å². The van der Waals surface area contributed by atoms with Crippen LogP contribution in [-0.4, -0.2) is 33.5 Å². The molecule has 3 N–H and O–H groups in total. The van der Waals surface area contributed by atoms with Crippen LogP contribution in [-0.2, 0) is 10.0 Å². The van der Waals surface area contributed by atoms with Crippen LogP contribution in [0, 0.1) is 18.3 Å². The summed E-state index contributed by atoms with van der Waals surface area (Å²) in [6.07, 6.45) is 4.77. The molecule has 4 rings (SSSR count). The average molecular weight is 383 g/mol. The maximum atomic E-state index is 12.8. The summed E-state index contributed by atoms with van der Waals surface area (Å²) in [5.74, 6) is 0.236. The first-order valence-corrected chi connectivity index (χ1v) is 9.84. The summed E-state index contributed by atoms with van der Waals surface area (Å²) in [7, 11) is -3.84. The van der Waals surface area contributed by atoms with Crippen molar-refractivity contribution >= 4 is 21.5 Å². The van der Waals surface area contributed by atoms with Crippen LogP contribution in [0.1, 0.15) is 24.8 Å². The molecular formula is C17H17N7O2S. The third-order valence-corrected chi connectivity index (χ3v) is 6.41. The second-order valence-corrected chi connectivity index (χ2v) is 8.34. The maximum absolute atomic E-state index is 12.8. The molecule has 27 heavy (non-hydrogen) atoms. The zero-order valence-corrected chi connectivity index (χ0v) is 15.4. The lowest BCUT2D eigenvalue weighted by Crippen LogP contribution is -2.52. The number of aryl methyl sites for hydroxylation is 1. The van der Waals surface area contributed by atoms with E-state index < -0.39 is 15.6 Å². The van der Waals surface area contributed by atoms with Crippen LogP contribution in [0.4, 0.5) is 5.82 Å². The van der Waals surface area contributed by atoms with Crippen molar-refractivity contribution in [3.05, 3.63) is 36.3 Å². The summed E-state index contributed by atoms with van der Waals surface area (Å²) < 4.78 is 29.7. The van der Waals surface area contributed by atoms with Crippen molar-refractivity contribution in [2.24, 2.45) is 0 Å². The van der Waals surface area contributed by atoms with Crippen molar-refractivity contribution in [1.82, 2.24) is 24.3 Å². The van der Waals surface area contributed by atoms with E-state index in [4.69, 9.17) is 5.73 Å². The standard InChI is InChI=1S/C17H17N7O2S/c1-11-3-4-12(27(25,26)23-17(9-18)5-2-6-17)7-13(11)14-8-20-16-15(19)21-10-22-24(14)16/h3-4,7-8,10,23H,2,5-6H2,1H3,(H2,19,21,22). The zero-order chi connectivity index (χ0) is 19.2. The van der Waals surface area contributed by atoms with Gasteiger partial charge >= 0.3 is 0 Å². The molecule has 0 amide bonds. The summed E-state index contributed by atoms with van der Waals surface area (Å²) >= 11 is 0.